The minimum absolute atomic E-state index is 0.188. The molecule has 4 nitrogen and oxygen atoms in total. The van der Waals surface area contributed by atoms with E-state index in [4.69, 9.17) is 9.47 Å². The van der Waals surface area contributed by atoms with Crippen LogP contribution in [0.15, 0.2) is 18.3 Å². The fourth-order valence-corrected chi connectivity index (χ4v) is 1.79. The summed E-state index contributed by atoms with van der Waals surface area (Å²) in [5.74, 6) is 0.883. The molecule has 1 N–H and O–H groups in total. The second-order valence-corrected chi connectivity index (χ2v) is 4.26. The first-order chi connectivity index (χ1) is 7.74. The van der Waals surface area contributed by atoms with Crippen molar-refractivity contribution in [3.63, 3.8) is 0 Å². The van der Waals surface area contributed by atoms with Gasteiger partial charge in [-0.25, -0.2) is 4.98 Å². The minimum Gasteiger partial charge on any atom is -0.378 e. The van der Waals surface area contributed by atoms with Crippen molar-refractivity contribution < 1.29 is 9.47 Å². The maximum atomic E-state index is 5.53. The lowest BCUT2D eigenvalue weighted by atomic mass is 10.0. The third kappa shape index (κ3) is 2.51. The Bertz CT molecular complexity index is 331. The SMILES string of the molecule is COC1(CNc2ccc(C)cn2)CCOC1. The number of nitrogens with one attached hydrogen (secondary N) is 1. The predicted octanol–water partition coefficient (Wildman–Crippen LogP) is 1.61. The lowest BCUT2D eigenvalue weighted by Crippen LogP contribution is -2.39. The molecule has 88 valence electrons. The summed E-state index contributed by atoms with van der Waals surface area (Å²) in [6.07, 6.45) is 2.79. The Kier molecular flexibility index (Phi) is 3.41. The van der Waals surface area contributed by atoms with Crippen molar-refractivity contribution in [1.82, 2.24) is 4.98 Å². The summed E-state index contributed by atoms with van der Waals surface area (Å²) < 4.78 is 10.9. The number of anilines is 1. The van der Waals surface area contributed by atoms with Crippen LogP contribution in [-0.2, 0) is 9.47 Å². The minimum atomic E-state index is -0.188. The van der Waals surface area contributed by atoms with Crippen LogP contribution >= 0.6 is 0 Å². The largest absolute Gasteiger partial charge is 0.378 e. The van der Waals surface area contributed by atoms with E-state index in [2.05, 4.69) is 10.3 Å². The Labute approximate surface area is 96.0 Å². The Morgan fingerprint density at radius 2 is 2.44 bits per heavy atom. The summed E-state index contributed by atoms with van der Waals surface area (Å²) in [7, 11) is 1.74. The molecule has 0 spiro atoms. The fraction of sp³-hybridized carbons (Fsp3) is 0.583. The van der Waals surface area contributed by atoms with E-state index in [-0.39, 0.29) is 5.60 Å². The van der Waals surface area contributed by atoms with Crippen LogP contribution in [0.25, 0.3) is 0 Å². The molecule has 2 heterocycles. The van der Waals surface area contributed by atoms with Gasteiger partial charge in [-0.15, -0.1) is 0 Å². The number of pyridine rings is 1. The standard InChI is InChI=1S/C12H18N2O2/c1-10-3-4-11(13-7-10)14-8-12(15-2)5-6-16-9-12/h3-4,7H,5-6,8-9H2,1-2H3,(H,13,14). The van der Waals surface area contributed by atoms with E-state index in [0.717, 1.165) is 31.0 Å². The van der Waals surface area contributed by atoms with Gasteiger partial charge in [-0.05, 0) is 18.6 Å². The maximum Gasteiger partial charge on any atom is 0.125 e. The van der Waals surface area contributed by atoms with E-state index in [1.54, 1.807) is 7.11 Å². The van der Waals surface area contributed by atoms with Crippen LogP contribution in [0.2, 0.25) is 0 Å². The van der Waals surface area contributed by atoms with Crippen molar-refractivity contribution in [2.24, 2.45) is 0 Å². The quantitative estimate of drug-likeness (QED) is 0.840. The number of aryl methyl sites for hydroxylation is 1. The molecule has 1 aromatic heterocycles. The van der Waals surface area contributed by atoms with Gasteiger partial charge in [-0.1, -0.05) is 6.07 Å². The summed E-state index contributed by atoms with van der Waals surface area (Å²) in [6, 6.07) is 4.02. The van der Waals surface area contributed by atoms with Crippen LogP contribution in [0, 0.1) is 6.92 Å². The lowest BCUT2D eigenvalue weighted by Gasteiger charge is -2.26. The first kappa shape index (κ1) is 11.4. The molecule has 0 amide bonds. The third-order valence-corrected chi connectivity index (χ3v) is 3.00. The van der Waals surface area contributed by atoms with Crippen molar-refractivity contribution in [1.29, 1.82) is 0 Å². The van der Waals surface area contributed by atoms with Gasteiger partial charge >= 0.3 is 0 Å². The van der Waals surface area contributed by atoms with E-state index in [1.165, 1.54) is 0 Å². The molecule has 1 fully saturated rings. The maximum absolute atomic E-state index is 5.53. The van der Waals surface area contributed by atoms with E-state index in [0.29, 0.717) is 6.61 Å². The van der Waals surface area contributed by atoms with Gasteiger partial charge in [-0.2, -0.15) is 0 Å². The monoisotopic (exact) mass is 222 g/mol. The fourth-order valence-electron chi connectivity index (χ4n) is 1.79. The van der Waals surface area contributed by atoms with Gasteiger partial charge in [0.05, 0.1) is 6.61 Å². The zero-order chi connectivity index (χ0) is 11.4. The normalized spacial score (nSPS) is 24.6. The van der Waals surface area contributed by atoms with Crippen LogP contribution in [0.3, 0.4) is 0 Å². The van der Waals surface area contributed by atoms with Crippen LogP contribution in [-0.4, -0.2) is 37.5 Å². The Hall–Kier alpha value is -1.13. The second kappa shape index (κ2) is 4.80. The molecule has 1 aliphatic rings. The summed E-state index contributed by atoms with van der Waals surface area (Å²) in [6.45, 7) is 4.19. The summed E-state index contributed by atoms with van der Waals surface area (Å²) in [5, 5.41) is 3.29. The van der Waals surface area contributed by atoms with E-state index >= 15 is 0 Å². The molecule has 1 aromatic rings. The molecular formula is C12H18N2O2. The number of nitrogens with zero attached hydrogens (tertiary/aromatic N) is 1. The van der Waals surface area contributed by atoms with Gasteiger partial charge < -0.3 is 14.8 Å². The molecule has 0 aliphatic carbocycles. The molecule has 0 aromatic carbocycles. The number of hydrogen-bond donors (Lipinski definition) is 1. The topological polar surface area (TPSA) is 43.4 Å². The van der Waals surface area contributed by atoms with Crippen molar-refractivity contribution >= 4 is 5.82 Å². The van der Waals surface area contributed by atoms with Crippen molar-refractivity contribution in [2.75, 3.05) is 32.2 Å². The molecule has 4 heteroatoms. The Morgan fingerprint density at radius 1 is 1.56 bits per heavy atom. The first-order valence-corrected chi connectivity index (χ1v) is 5.54. The number of methoxy groups -OCH3 is 1. The molecular weight excluding hydrogens is 204 g/mol. The smallest absolute Gasteiger partial charge is 0.125 e. The molecule has 1 unspecified atom stereocenters. The third-order valence-electron chi connectivity index (χ3n) is 3.00. The number of aromatic nitrogens is 1. The van der Waals surface area contributed by atoms with Gasteiger partial charge in [0, 0.05) is 32.9 Å². The highest BCUT2D eigenvalue weighted by atomic mass is 16.5. The van der Waals surface area contributed by atoms with Gasteiger partial charge in [-0.3, -0.25) is 0 Å². The van der Waals surface area contributed by atoms with Crippen molar-refractivity contribution in [2.45, 2.75) is 18.9 Å². The van der Waals surface area contributed by atoms with Gasteiger partial charge in [0.2, 0.25) is 0 Å². The molecule has 16 heavy (non-hydrogen) atoms. The van der Waals surface area contributed by atoms with Gasteiger partial charge in [0.25, 0.3) is 0 Å². The van der Waals surface area contributed by atoms with Crippen molar-refractivity contribution in [3.05, 3.63) is 23.9 Å². The number of ether oxygens (including phenoxy) is 2. The van der Waals surface area contributed by atoms with E-state index in [1.807, 2.05) is 25.3 Å². The van der Waals surface area contributed by atoms with Gasteiger partial charge in [0.1, 0.15) is 11.4 Å². The van der Waals surface area contributed by atoms with Gasteiger partial charge in [0.15, 0.2) is 0 Å². The highest BCUT2D eigenvalue weighted by molar-refractivity contribution is 5.35. The number of rotatable bonds is 4. The van der Waals surface area contributed by atoms with E-state index in [9.17, 15) is 0 Å². The molecule has 0 bridgehead atoms. The van der Waals surface area contributed by atoms with Crippen LogP contribution in [0.5, 0.6) is 0 Å². The highest BCUT2D eigenvalue weighted by Gasteiger charge is 2.34. The van der Waals surface area contributed by atoms with Crippen LogP contribution in [0.4, 0.5) is 5.82 Å². The molecule has 1 saturated heterocycles. The Balaban J connectivity index is 1.93. The van der Waals surface area contributed by atoms with Crippen LogP contribution < -0.4 is 5.32 Å². The molecule has 0 radical (unpaired) electrons. The first-order valence-electron chi connectivity index (χ1n) is 5.54. The Morgan fingerprint density at radius 3 is 3.00 bits per heavy atom. The van der Waals surface area contributed by atoms with E-state index < -0.39 is 0 Å². The summed E-state index contributed by atoms with van der Waals surface area (Å²) >= 11 is 0. The van der Waals surface area contributed by atoms with Crippen LogP contribution in [0.1, 0.15) is 12.0 Å². The van der Waals surface area contributed by atoms with Crippen molar-refractivity contribution in [3.8, 4) is 0 Å². The predicted molar refractivity (Wildman–Crippen MR) is 62.6 cm³/mol. The second-order valence-electron chi connectivity index (χ2n) is 4.26. The summed E-state index contributed by atoms with van der Waals surface area (Å²) in [4.78, 5) is 4.30. The molecule has 1 atom stereocenters. The average molecular weight is 222 g/mol. The summed E-state index contributed by atoms with van der Waals surface area (Å²) in [5.41, 5.74) is 0.975. The number of hydrogen-bond acceptors (Lipinski definition) is 4. The molecule has 1 aliphatic heterocycles. The highest BCUT2D eigenvalue weighted by Crippen LogP contribution is 2.22. The lowest BCUT2D eigenvalue weighted by molar-refractivity contribution is -0.00625. The zero-order valence-corrected chi connectivity index (χ0v) is 9.82. The average Bonchev–Trinajstić information content (AvgIpc) is 2.78. The zero-order valence-electron chi connectivity index (χ0n) is 9.82. The molecule has 2 rings (SSSR count). The molecule has 0 saturated carbocycles.